The zero-order valence-electron chi connectivity index (χ0n) is 15.0. The largest absolute Gasteiger partial charge is 0.477 e. The number of hydrogen-bond acceptors (Lipinski definition) is 4. The molecule has 0 aliphatic carbocycles. The van der Waals surface area contributed by atoms with Crippen LogP contribution in [0.3, 0.4) is 0 Å². The van der Waals surface area contributed by atoms with Crippen LogP contribution in [-0.2, 0) is 6.54 Å². The molecule has 2 saturated heterocycles. The minimum Gasteiger partial charge on any atom is -0.477 e. The maximum Gasteiger partial charge on any atom is 0.341 e. The molecule has 4 rings (SSSR count). The molecule has 1 aromatic carbocycles. The van der Waals surface area contributed by atoms with Gasteiger partial charge in [-0.25, -0.2) is 13.6 Å². The van der Waals surface area contributed by atoms with Crippen LogP contribution in [0.5, 0.6) is 0 Å². The van der Waals surface area contributed by atoms with Gasteiger partial charge in [0.15, 0.2) is 5.82 Å². The van der Waals surface area contributed by atoms with Crippen molar-refractivity contribution >= 4 is 22.6 Å². The lowest BCUT2D eigenvalue weighted by Crippen LogP contribution is -2.30. The minimum absolute atomic E-state index is 0.0332. The molecule has 2 N–H and O–H groups in total. The number of aryl methyl sites for hydroxylation is 1. The summed E-state index contributed by atoms with van der Waals surface area (Å²) < 4.78 is 31.6. The number of aromatic nitrogens is 1. The van der Waals surface area contributed by atoms with E-state index in [4.69, 9.17) is 0 Å². The second-order valence-electron chi connectivity index (χ2n) is 7.48. The third kappa shape index (κ3) is 2.70. The highest BCUT2D eigenvalue weighted by Crippen LogP contribution is 2.40. The average molecular weight is 377 g/mol. The van der Waals surface area contributed by atoms with Crippen LogP contribution in [-0.4, -0.2) is 41.8 Å². The summed E-state index contributed by atoms with van der Waals surface area (Å²) >= 11 is 0. The molecule has 0 radical (unpaired) electrons. The number of fused-ring (bicyclic) bond motifs is 1. The third-order valence-corrected chi connectivity index (χ3v) is 5.89. The number of hydrogen-bond donors (Lipinski definition) is 2. The van der Waals surface area contributed by atoms with Gasteiger partial charge in [-0.3, -0.25) is 4.79 Å². The van der Waals surface area contributed by atoms with Gasteiger partial charge in [-0.15, -0.1) is 0 Å². The van der Waals surface area contributed by atoms with Crippen LogP contribution < -0.4 is 15.6 Å². The highest BCUT2D eigenvalue weighted by atomic mass is 19.1. The molecule has 0 saturated carbocycles. The summed E-state index contributed by atoms with van der Waals surface area (Å²) in [7, 11) is 0. The van der Waals surface area contributed by atoms with Crippen LogP contribution in [0, 0.1) is 17.0 Å². The Morgan fingerprint density at radius 1 is 1.37 bits per heavy atom. The second kappa shape index (κ2) is 6.30. The molecular formula is C19H21F2N3O3. The Morgan fingerprint density at radius 3 is 2.78 bits per heavy atom. The molecular weight excluding hydrogens is 356 g/mol. The summed E-state index contributed by atoms with van der Waals surface area (Å²) in [6.45, 7) is 4.82. The summed E-state index contributed by atoms with van der Waals surface area (Å²) in [6.07, 6.45) is 2.96. The van der Waals surface area contributed by atoms with Crippen molar-refractivity contribution in [2.45, 2.75) is 26.3 Å². The average Bonchev–Trinajstić information content (AvgIpc) is 3.26. The first-order valence-corrected chi connectivity index (χ1v) is 9.11. The first-order valence-electron chi connectivity index (χ1n) is 9.11. The Balaban J connectivity index is 1.90. The molecule has 1 spiro atoms. The monoisotopic (exact) mass is 377 g/mol. The highest BCUT2D eigenvalue weighted by molar-refractivity contribution is 5.93. The lowest BCUT2D eigenvalue weighted by Gasteiger charge is -2.25. The van der Waals surface area contributed by atoms with Crippen molar-refractivity contribution in [1.82, 2.24) is 9.88 Å². The number of carbonyl (C=O) groups is 1. The van der Waals surface area contributed by atoms with Crippen molar-refractivity contribution in [3.8, 4) is 0 Å². The number of pyridine rings is 1. The van der Waals surface area contributed by atoms with E-state index in [-0.39, 0.29) is 28.6 Å². The maximum absolute atomic E-state index is 15.4. The molecule has 2 aliphatic rings. The second-order valence-corrected chi connectivity index (χ2v) is 7.48. The Labute approximate surface area is 154 Å². The highest BCUT2D eigenvalue weighted by Gasteiger charge is 2.42. The Bertz CT molecular complexity index is 996. The topological polar surface area (TPSA) is 74.6 Å². The van der Waals surface area contributed by atoms with E-state index in [1.165, 1.54) is 4.57 Å². The molecule has 27 heavy (non-hydrogen) atoms. The number of carboxylic acids is 1. The van der Waals surface area contributed by atoms with Gasteiger partial charge in [0.1, 0.15) is 17.1 Å². The number of rotatable bonds is 3. The number of benzene rings is 1. The molecule has 1 unspecified atom stereocenters. The Hall–Kier alpha value is -2.48. The molecule has 1 atom stereocenters. The number of anilines is 1. The van der Waals surface area contributed by atoms with Crippen molar-refractivity contribution in [1.29, 1.82) is 0 Å². The summed E-state index contributed by atoms with van der Waals surface area (Å²) in [5, 5.41) is 12.3. The van der Waals surface area contributed by atoms with E-state index in [0.717, 1.165) is 38.2 Å². The molecule has 8 heteroatoms. The van der Waals surface area contributed by atoms with Gasteiger partial charge in [0.25, 0.3) is 0 Å². The normalized spacial score (nSPS) is 22.3. The zero-order valence-corrected chi connectivity index (χ0v) is 15.0. The van der Waals surface area contributed by atoms with Gasteiger partial charge < -0.3 is 19.9 Å². The molecule has 1 aromatic heterocycles. The fourth-order valence-electron chi connectivity index (χ4n) is 4.44. The molecule has 3 heterocycles. The predicted molar refractivity (Wildman–Crippen MR) is 97.5 cm³/mol. The van der Waals surface area contributed by atoms with E-state index in [1.807, 2.05) is 0 Å². The van der Waals surface area contributed by atoms with Gasteiger partial charge in [-0.1, -0.05) is 0 Å². The van der Waals surface area contributed by atoms with Gasteiger partial charge >= 0.3 is 5.97 Å². The predicted octanol–water partition coefficient (Wildman–Crippen LogP) is 2.19. The van der Waals surface area contributed by atoms with Gasteiger partial charge in [0.2, 0.25) is 5.43 Å². The van der Waals surface area contributed by atoms with Crippen LogP contribution in [0.1, 0.15) is 30.1 Å². The molecule has 2 aliphatic heterocycles. The number of carboxylic acid groups (broad SMARTS) is 1. The summed E-state index contributed by atoms with van der Waals surface area (Å²) in [4.78, 5) is 25.5. The zero-order chi connectivity index (χ0) is 19.3. The van der Waals surface area contributed by atoms with Gasteiger partial charge in [0.05, 0.1) is 10.9 Å². The Kier molecular flexibility index (Phi) is 4.18. The molecule has 0 bridgehead atoms. The molecule has 2 aromatic rings. The van der Waals surface area contributed by atoms with Crippen molar-refractivity contribution in [2.24, 2.45) is 5.41 Å². The summed E-state index contributed by atoms with van der Waals surface area (Å²) in [5.41, 5.74) is -1.51. The fraction of sp³-hybridized carbons (Fsp3) is 0.474. The number of nitrogens with zero attached hydrogens (tertiary/aromatic N) is 2. The number of aromatic carboxylic acids is 1. The van der Waals surface area contributed by atoms with Crippen LogP contribution in [0.4, 0.5) is 14.5 Å². The lowest BCUT2D eigenvalue weighted by molar-refractivity contribution is 0.0695. The maximum atomic E-state index is 15.4. The van der Waals surface area contributed by atoms with Crippen molar-refractivity contribution in [3.05, 3.63) is 39.7 Å². The van der Waals surface area contributed by atoms with Crippen LogP contribution >= 0.6 is 0 Å². The molecule has 144 valence electrons. The first kappa shape index (κ1) is 17.9. The third-order valence-electron chi connectivity index (χ3n) is 5.89. The summed E-state index contributed by atoms with van der Waals surface area (Å²) in [6, 6.07) is 0.979. The lowest BCUT2D eigenvalue weighted by atomic mass is 9.86. The smallest absolute Gasteiger partial charge is 0.341 e. The fourth-order valence-corrected chi connectivity index (χ4v) is 4.44. The summed E-state index contributed by atoms with van der Waals surface area (Å²) in [5.74, 6) is -3.04. The van der Waals surface area contributed by atoms with Crippen LogP contribution in [0.25, 0.3) is 10.9 Å². The van der Waals surface area contributed by atoms with E-state index in [0.29, 0.717) is 13.1 Å². The van der Waals surface area contributed by atoms with E-state index in [2.05, 4.69) is 5.32 Å². The van der Waals surface area contributed by atoms with Crippen LogP contribution in [0.2, 0.25) is 0 Å². The van der Waals surface area contributed by atoms with Gasteiger partial charge in [0, 0.05) is 37.8 Å². The van der Waals surface area contributed by atoms with Gasteiger partial charge in [-0.2, -0.15) is 0 Å². The van der Waals surface area contributed by atoms with Crippen molar-refractivity contribution in [2.75, 3.05) is 31.1 Å². The Morgan fingerprint density at radius 2 is 2.15 bits per heavy atom. The van der Waals surface area contributed by atoms with E-state index >= 15 is 4.39 Å². The first-order chi connectivity index (χ1) is 12.9. The minimum atomic E-state index is -1.41. The number of nitrogens with one attached hydrogen (secondary N) is 1. The van der Waals surface area contributed by atoms with Crippen LogP contribution in [0.15, 0.2) is 17.1 Å². The van der Waals surface area contributed by atoms with Gasteiger partial charge in [-0.05, 0) is 32.4 Å². The van der Waals surface area contributed by atoms with Crippen molar-refractivity contribution in [3.63, 3.8) is 0 Å². The van der Waals surface area contributed by atoms with E-state index < -0.39 is 28.6 Å². The van der Waals surface area contributed by atoms with E-state index in [9.17, 15) is 19.1 Å². The quantitative estimate of drug-likeness (QED) is 0.858. The van der Waals surface area contributed by atoms with Crippen molar-refractivity contribution < 1.29 is 18.7 Å². The van der Waals surface area contributed by atoms with E-state index in [1.54, 1.807) is 11.8 Å². The SMILES string of the molecule is CCn1cc(C(=O)O)c(=O)c2cc(F)c(N3CCC4(CCNC4)C3)c(F)c21. The number of halogens is 2. The molecule has 2 fully saturated rings. The standard InChI is InChI=1S/C19H21F2N3O3/c1-2-23-8-12(18(26)27)17(25)11-7-13(20)16(14(21)15(11)23)24-6-4-19(10-24)3-5-22-9-19/h7-8,22H,2-6,9-10H2,1H3,(H,26,27). The molecule has 6 nitrogen and oxygen atoms in total. The molecule has 0 amide bonds.